The van der Waals surface area contributed by atoms with Crippen molar-refractivity contribution in [3.05, 3.63) is 16.4 Å². The Bertz CT molecular complexity index is 530. The number of aryl methyl sites for hydroxylation is 1. The molecule has 0 radical (unpaired) electrons. The lowest BCUT2D eigenvalue weighted by molar-refractivity contribution is 0.506. The highest BCUT2D eigenvalue weighted by atomic mass is 19.1. The van der Waals surface area contributed by atoms with Gasteiger partial charge in [0.1, 0.15) is 0 Å². The zero-order valence-corrected chi connectivity index (χ0v) is 8.71. The highest BCUT2D eigenvalue weighted by molar-refractivity contribution is 5.70. The summed E-state index contributed by atoms with van der Waals surface area (Å²) in [6.45, 7) is 4.00. The lowest BCUT2D eigenvalue weighted by Gasteiger charge is -1.93. The molecule has 0 aliphatic rings. The van der Waals surface area contributed by atoms with E-state index in [1.165, 1.54) is 7.05 Å². The number of imidazole rings is 1. The summed E-state index contributed by atoms with van der Waals surface area (Å²) < 4.78 is 13.9. The summed E-state index contributed by atoms with van der Waals surface area (Å²) in [4.78, 5) is 20.5. The van der Waals surface area contributed by atoms with E-state index in [1.54, 1.807) is 0 Å². The van der Waals surface area contributed by atoms with Crippen LogP contribution < -0.4 is 11.3 Å². The van der Waals surface area contributed by atoms with Crippen LogP contribution in [-0.4, -0.2) is 19.5 Å². The Kier molecular flexibility index (Phi) is 3.03. The molecule has 0 saturated heterocycles. The summed E-state index contributed by atoms with van der Waals surface area (Å²) in [6.07, 6.45) is -0.765. The van der Waals surface area contributed by atoms with Crippen LogP contribution in [-0.2, 0) is 7.05 Å². The molecular weight excluding hydrogens is 201 g/mol. The number of nitrogens with one attached hydrogen (secondary N) is 1. The highest BCUT2D eigenvalue weighted by Crippen LogP contribution is 2.06. The summed E-state index contributed by atoms with van der Waals surface area (Å²) in [6, 6.07) is 0. The van der Waals surface area contributed by atoms with Gasteiger partial charge in [-0.1, -0.05) is 13.8 Å². The molecule has 7 heteroatoms. The summed E-state index contributed by atoms with van der Waals surface area (Å²) in [5.41, 5.74) is 4.82. The van der Waals surface area contributed by atoms with Crippen molar-refractivity contribution in [1.82, 2.24) is 19.5 Å². The molecule has 2 rings (SSSR count). The van der Waals surface area contributed by atoms with Crippen LogP contribution in [0.25, 0.3) is 11.2 Å². The molecule has 0 aliphatic heterocycles. The van der Waals surface area contributed by atoms with E-state index in [1.807, 2.05) is 13.8 Å². The summed E-state index contributed by atoms with van der Waals surface area (Å²) >= 11 is 0. The molecule has 2 aromatic rings. The second kappa shape index (κ2) is 4.07. The highest BCUT2D eigenvalue weighted by Gasteiger charge is 2.11. The van der Waals surface area contributed by atoms with E-state index in [0.29, 0.717) is 0 Å². The molecule has 2 aromatic heterocycles. The fourth-order valence-corrected chi connectivity index (χ4v) is 1.06. The summed E-state index contributed by atoms with van der Waals surface area (Å²) in [5, 5.41) is 0. The predicted molar refractivity (Wildman–Crippen MR) is 54.8 cm³/mol. The molecule has 82 valence electrons. The van der Waals surface area contributed by atoms with Crippen LogP contribution in [0.4, 0.5) is 10.3 Å². The van der Waals surface area contributed by atoms with E-state index >= 15 is 0 Å². The average Bonchev–Trinajstić information content (AvgIpc) is 2.49. The Balaban J connectivity index is 0.000000531. The van der Waals surface area contributed by atoms with Gasteiger partial charge in [0.25, 0.3) is 11.6 Å². The molecule has 0 saturated carbocycles. The standard InChI is InChI=1S/C6H6FN5O.C2H6/c1-12-3-2(9-5(12)7)4(13)11-6(8)10-3;1-2/h1H3,(H3,8,10,11,13);1-2H3. The molecule has 0 aromatic carbocycles. The van der Waals surface area contributed by atoms with Gasteiger partial charge in [0, 0.05) is 7.05 Å². The fraction of sp³-hybridized carbons (Fsp3) is 0.375. The first kappa shape index (κ1) is 11.2. The van der Waals surface area contributed by atoms with Crippen LogP contribution in [0, 0.1) is 6.08 Å². The maximum absolute atomic E-state index is 12.9. The van der Waals surface area contributed by atoms with Gasteiger partial charge in [-0.3, -0.25) is 14.3 Å². The van der Waals surface area contributed by atoms with Gasteiger partial charge in [-0.05, 0) is 0 Å². The predicted octanol–water partition coefficient (Wildman–Crippen LogP) is 0.404. The third kappa shape index (κ3) is 1.80. The average molecular weight is 213 g/mol. The molecule has 0 unspecified atom stereocenters. The molecule has 6 nitrogen and oxygen atoms in total. The number of hydrogen-bond donors (Lipinski definition) is 2. The number of H-pyrrole nitrogens is 1. The van der Waals surface area contributed by atoms with Crippen molar-refractivity contribution in [3.8, 4) is 0 Å². The minimum atomic E-state index is -0.765. The normalized spacial score (nSPS) is 9.87. The van der Waals surface area contributed by atoms with Crippen molar-refractivity contribution in [2.45, 2.75) is 13.8 Å². The van der Waals surface area contributed by atoms with Gasteiger partial charge < -0.3 is 5.73 Å². The molecule has 0 bridgehead atoms. The number of nitrogen functional groups attached to an aromatic ring is 1. The molecule has 0 spiro atoms. The molecule has 0 amide bonds. The summed E-state index contributed by atoms with van der Waals surface area (Å²) in [5.74, 6) is -0.0551. The smallest absolute Gasteiger partial charge is 0.291 e. The van der Waals surface area contributed by atoms with E-state index in [4.69, 9.17) is 5.73 Å². The Morgan fingerprint density at radius 2 is 2.00 bits per heavy atom. The van der Waals surface area contributed by atoms with Crippen LogP contribution >= 0.6 is 0 Å². The Labute approximate surface area is 85.0 Å². The molecule has 0 atom stereocenters. The number of anilines is 1. The summed E-state index contributed by atoms with van der Waals surface area (Å²) in [7, 11) is 1.41. The van der Waals surface area contributed by atoms with E-state index in [2.05, 4.69) is 15.0 Å². The molecule has 3 N–H and O–H groups in total. The van der Waals surface area contributed by atoms with Gasteiger partial charge in [-0.25, -0.2) is 0 Å². The van der Waals surface area contributed by atoms with Crippen LogP contribution in [0.15, 0.2) is 4.79 Å². The van der Waals surface area contributed by atoms with Crippen LogP contribution in [0.2, 0.25) is 0 Å². The van der Waals surface area contributed by atoms with E-state index in [-0.39, 0.29) is 17.1 Å². The van der Waals surface area contributed by atoms with Crippen molar-refractivity contribution in [3.63, 3.8) is 0 Å². The Hall–Kier alpha value is -1.92. The van der Waals surface area contributed by atoms with Gasteiger partial charge in [0.2, 0.25) is 5.95 Å². The quantitative estimate of drug-likeness (QED) is 0.620. The first-order valence-corrected chi connectivity index (χ1v) is 4.47. The lowest BCUT2D eigenvalue weighted by Crippen LogP contribution is -2.11. The third-order valence-corrected chi connectivity index (χ3v) is 1.69. The number of aromatic amines is 1. The fourth-order valence-electron chi connectivity index (χ4n) is 1.06. The van der Waals surface area contributed by atoms with Crippen LogP contribution in [0.3, 0.4) is 0 Å². The number of fused-ring (bicyclic) bond motifs is 1. The maximum Gasteiger partial charge on any atom is 0.291 e. The van der Waals surface area contributed by atoms with Crippen molar-refractivity contribution in [2.24, 2.45) is 7.05 Å². The zero-order chi connectivity index (χ0) is 11.6. The van der Waals surface area contributed by atoms with Crippen LogP contribution in [0.1, 0.15) is 13.8 Å². The first-order valence-electron chi connectivity index (χ1n) is 4.47. The first-order chi connectivity index (χ1) is 7.09. The van der Waals surface area contributed by atoms with Gasteiger partial charge in [0.05, 0.1) is 0 Å². The minimum Gasteiger partial charge on any atom is -0.369 e. The molecular formula is C8H12FN5O. The third-order valence-electron chi connectivity index (χ3n) is 1.69. The number of rotatable bonds is 0. The molecule has 15 heavy (non-hydrogen) atoms. The monoisotopic (exact) mass is 213 g/mol. The van der Waals surface area contributed by atoms with Gasteiger partial charge in [0.15, 0.2) is 11.2 Å². The molecule has 0 aliphatic carbocycles. The maximum atomic E-state index is 12.9. The zero-order valence-electron chi connectivity index (χ0n) is 8.71. The number of nitrogens with two attached hydrogens (primary N) is 1. The minimum absolute atomic E-state index is 0.0470. The van der Waals surface area contributed by atoms with Crippen LogP contribution in [0.5, 0.6) is 0 Å². The second-order valence-corrected chi connectivity index (χ2v) is 2.56. The van der Waals surface area contributed by atoms with Gasteiger partial charge in [-0.2, -0.15) is 14.4 Å². The van der Waals surface area contributed by atoms with Crippen molar-refractivity contribution in [2.75, 3.05) is 5.73 Å². The SMILES string of the molecule is CC.Cn1c(F)nc2c(=O)[nH]c(N)nc21. The number of nitrogens with zero attached hydrogens (tertiary/aromatic N) is 3. The number of hydrogen-bond acceptors (Lipinski definition) is 4. The van der Waals surface area contributed by atoms with Crippen molar-refractivity contribution in [1.29, 1.82) is 0 Å². The Morgan fingerprint density at radius 1 is 1.40 bits per heavy atom. The molecule has 0 fully saturated rings. The van der Waals surface area contributed by atoms with E-state index in [0.717, 1.165) is 4.57 Å². The second-order valence-electron chi connectivity index (χ2n) is 2.56. The van der Waals surface area contributed by atoms with Gasteiger partial charge in [-0.15, -0.1) is 0 Å². The molecule has 2 heterocycles. The number of aromatic nitrogens is 4. The van der Waals surface area contributed by atoms with Crippen molar-refractivity contribution < 1.29 is 4.39 Å². The lowest BCUT2D eigenvalue weighted by atomic mass is 10.5. The Morgan fingerprint density at radius 3 is 2.60 bits per heavy atom. The van der Waals surface area contributed by atoms with E-state index < -0.39 is 11.6 Å². The topological polar surface area (TPSA) is 89.6 Å². The van der Waals surface area contributed by atoms with E-state index in [9.17, 15) is 9.18 Å². The van der Waals surface area contributed by atoms with Gasteiger partial charge >= 0.3 is 0 Å². The number of halogens is 1. The largest absolute Gasteiger partial charge is 0.369 e. The van der Waals surface area contributed by atoms with Crippen molar-refractivity contribution >= 4 is 17.1 Å².